The minimum atomic E-state index is -0.0456. The molecule has 1 aliphatic heterocycles. The average Bonchev–Trinajstić information content (AvgIpc) is 2.91. The third-order valence-electron chi connectivity index (χ3n) is 4.54. The first kappa shape index (κ1) is 16.4. The van der Waals surface area contributed by atoms with Crippen molar-refractivity contribution in [3.8, 4) is 5.88 Å². The molecule has 5 nitrogen and oxygen atoms in total. The van der Waals surface area contributed by atoms with Crippen molar-refractivity contribution in [1.29, 1.82) is 0 Å². The van der Waals surface area contributed by atoms with E-state index < -0.39 is 0 Å². The minimum absolute atomic E-state index is 0.0456. The van der Waals surface area contributed by atoms with Gasteiger partial charge in [0.1, 0.15) is 0 Å². The van der Waals surface area contributed by atoms with Crippen molar-refractivity contribution < 1.29 is 9.53 Å². The maximum atomic E-state index is 12.7. The van der Waals surface area contributed by atoms with E-state index in [9.17, 15) is 4.79 Å². The van der Waals surface area contributed by atoms with Crippen molar-refractivity contribution in [2.75, 3.05) is 6.61 Å². The van der Waals surface area contributed by atoms with Gasteiger partial charge < -0.3 is 9.64 Å². The molecule has 1 unspecified atom stereocenters. The van der Waals surface area contributed by atoms with Crippen LogP contribution in [-0.2, 0) is 6.54 Å². The summed E-state index contributed by atoms with van der Waals surface area (Å²) in [4.78, 5) is 23.3. The van der Waals surface area contributed by atoms with E-state index >= 15 is 0 Å². The second-order valence-electron chi connectivity index (χ2n) is 6.27. The smallest absolute Gasteiger partial charge is 0.255 e. The van der Waals surface area contributed by atoms with E-state index in [1.165, 1.54) is 0 Å². The van der Waals surface area contributed by atoms with Gasteiger partial charge in [-0.3, -0.25) is 9.78 Å². The lowest BCUT2D eigenvalue weighted by Gasteiger charge is -2.25. The number of nitrogens with zero attached hydrogens (tertiary/aromatic N) is 3. The summed E-state index contributed by atoms with van der Waals surface area (Å²) in [5.41, 5.74) is 4.73. The summed E-state index contributed by atoms with van der Waals surface area (Å²) in [5, 5.41) is 0. The van der Waals surface area contributed by atoms with Gasteiger partial charge in [0, 0.05) is 41.3 Å². The predicted molar refractivity (Wildman–Crippen MR) is 92.0 cm³/mol. The van der Waals surface area contributed by atoms with E-state index in [0.717, 1.165) is 34.4 Å². The summed E-state index contributed by atoms with van der Waals surface area (Å²) < 4.78 is 5.63. The Morgan fingerprint density at radius 1 is 1.33 bits per heavy atom. The number of hydrogen-bond acceptors (Lipinski definition) is 4. The number of carbonyl (C=O) groups is 1. The molecule has 24 heavy (non-hydrogen) atoms. The molecule has 126 valence electrons. The fourth-order valence-corrected chi connectivity index (χ4v) is 3.05. The standard InChI is InChI=1S/C19H23N3O2/c1-5-8-24-18-12(2)9-15(10-21-18)14(4)22-11-17-13(3)20-7-6-16(17)19(22)23/h6-7,9-10,14H,5,8,11H2,1-4H3. The van der Waals surface area contributed by atoms with Crippen molar-refractivity contribution in [1.82, 2.24) is 14.9 Å². The molecule has 0 fully saturated rings. The van der Waals surface area contributed by atoms with Crippen LogP contribution in [0.1, 0.15) is 59.1 Å². The molecule has 5 heteroatoms. The Kier molecular flexibility index (Phi) is 4.51. The second-order valence-corrected chi connectivity index (χ2v) is 6.27. The van der Waals surface area contributed by atoms with Crippen LogP contribution in [-0.4, -0.2) is 27.4 Å². The van der Waals surface area contributed by atoms with Gasteiger partial charge in [0.05, 0.1) is 12.6 Å². The molecule has 1 aliphatic rings. The Morgan fingerprint density at radius 3 is 2.79 bits per heavy atom. The number of hydrogen-bond donors (Lipinski definition) is 0. The highest BCUT2D eigenvalue weighted by molar-refractivity contribution is 5.98. The predicted octanol–water partition coefficient (Wildman–Crippen LogP) is 3.60. The molecule has 0 bridgehead atoms. The summed E-state index contributed by atoms with van der Waals surface area (Å²) in [5.74, 6) is 0.732. The van der Waals surface area contributed by atoms with Crippen LogP contribution in [0.4, 0.5) is 0 Å². The number of amides is 1. The van der Waals surface area contributed by atoms with Crippen LogP contribution in [0.3, 0.4) is 0 Å². The average molecular weight is 325 g/mol. The number of pyridine rings is 2. The number of rotatable bonds is 5. The van der Waals surface area contributed by atoms with Gasteiger partial charge in [-0.25, -0.2) is 4.98 Å². The van der Waals surface area contributed by atoms with Crippen LogP contribution in [0.5, 0.6) is 5.88 Å². The Bertz CT molecular complexity index is 773. The molecule has 2 aromatic rings. The lowest BCUT2D eigenvalue weighted by Crippen LogP contribution is -2.27. The fraction of sp³-hybridized carbons (Fsp3) is 0.421. The highest BCUT2D eigenvalue weighted by atomic mass is 16.5. The molecule has 0 saturated heterocycles. The van der Waals surface area contributed by atoms with Crippen molar-refractivity contribution in [3.63, 3.8) is 0 Å². The normalized spacial score (nSPS) is 14.7. The summed E-state index contributed by atoms with van der Waals surface area (Å²) in [6.45, 7) is 9.31. The van der Waals surface area contributed by atoms with E-state index in [4.69, 9.17) is 4.74 Å². The maximum Gasteiger partial charge on any atom is 0.255 e. The first-order valence-corrected chi connectivity index (χ1v) is 8.37. The Balaban J connectivity index is 1.83. The van der Waals surface area contributed by atoms with Crippen molar-refractivity contribution in [3.05, 3.63) is 52.5 Å². The molecule has 0 aromatic carbocycles. The molecule has 0 spiro atoms. The summed E-state index contributed by atoms with van der Waals surface area (Å²) >= 11 is 0. The number of ether oxygens (including phenoxy) is 1. The highest BCUT2D eigenvalue weighted by Gasteiger charge is 2.32. The number of fused-ring (bicyclic) bond motifs is 1. The van der Waals surface area contributed by atoms with Crippen LogP contribution >= 0.6 is 0 Å². The first-order chi connectivity index (χ1) is 11.5. The summed E-state index contributed by atoms with van der Waals surface area (Å²) in [7, 11) is 0. The molecule has 1 amide bonds. The molecule has 1 atom stereocenters. The van der Waals surface area contributed by atoms with Crippen molar-refractivity contribution in [2.24, 2.45) is 0 Å². The largest absolute Gasteiger partial charge is 0.477 e. The molecule has 2 aromatic heterocycles. The monoisotopic (exact) mass is 325 g/mol. The molecular weight excluding hydrogens is 302 g/mol. The molecular formula is C19H23N3O2. The summed E-state index contributed by atoms with van der Waals surface area (Å²) in [6, 6.07) is 3.82. The lowest BCUT2D eigenvalue weighted by atomic mass is 10.1. The van der Waals surface area contributed by atoms with E-state index in [0.29, 0.717) is 19.0 Å². The van der Waals surface area contributed by atoms with Crippen LogP contribution in [0.2, 0.25) is 0 Å². The van der Waals surface area contributed by atoms with Gasteiger partial charge in [-0.05, 0) is 44.9 Å². The maximum absolute atomic E-state index is 12.7. The Morgan fingerprint density at radius 2 is 2.12 bits per heavy atom. The van der Waals surface area contributed by atoms with Gasteiger partial charge in [0.15, 0.2) is 0 Å². The number of aromatic nitrogens is 2. The van der Waals surface area contributed by atoms with E-state index in [1.807, 2.05) is 37.9 Å². The van der Waals surface area contributed by atoms with Gasteiger partial charge in [-0.2, -0.15) is 0 Å². The Hall–Kier alpha value is -2.43. The fourth-order valence-electron chi connectivity index (χ4n) is 3.05. The van der Waals surface area contributed by atoms with E-state index in [2.05, 4.69) is 23.0 Å². The van der Waals surface area contributed by atoms with Gasteiger partial charge in [0.2, 0.25) is 5.88 Å². The molecule has 0 saturated carbocycles. The van der Waals surface area contributed by atoms with Crippen LogP contribution in [0.15, 0.2) is 24.5 Å². The third-order valence-corrected chi connectivity index (χ3v) is 4.54. The number of carbonyl (C=O) groups excluding carboxylic acids is 1. The van der Waals surface area contributed by atoms with E-state index in [1.54, 1.807) is 6.20 Å². The summed E-state index contributed by atoms with van der Waals surface area (Å²) in [6.07, 6.45) is 4.46. The Labute approximate surface area is 142 Å². The highest BCUT2D eigenvalue weighted by Crippen LogP contribution is 2.32. The zero-order chi connectivity index (χ0) is 17.3. The van der Waals surface area contributed by atoms with Crippen LogP contribution < -0.4 is 4.74 Å². The van der Waals surface area contributed by atoms with Crippen molar-refractivity contribution >= 4 is 5.91 Å². The molecule has 3 heterocycles. The first-order valence-electron chi connectivity index (χ1n) is 8.37. The van der Waals surface area contributed by atoms with Gasteiger partial charge in [-0.1, -0.05) is 6.92 Å². The zero-order valence-corrected chi connectivity index (χ0v) is 14.7. The van der Waals surface area contributed by atoms with Gasteiger partial charge in [-0.15, -0.1) is 0 Å². The van der Waals surface area contributed by atoms with Crippen LogP contribution in [0.25, 0.3) is 0 Å². The second kappa shape index (κ2) is 6.59. The topological polar surface area (TPSA) is 55.3 Å². The molecule has 0 aliphatic carbocycles. The minimum Gasteiger partial charge on any atom is -0.477 e. The number of aryl methyl sites for hydroxylation is 2. The zero-order valence-electron chi connectivity index (χ0n) is 14.7. The van der Waals surface area contributed by atoms with E-state index in [-0.39, 0.29) is 11.9 Å². The lowest BCUT2D eigenvalue weighted by molar-refractivity contribution is 0.0715. The molecule has 0 radical (unpaired) electrons. The quantitative estimate of drug-likeness (QED) is 0.843. The molecule has 0 N–H and O–H groups in total. The SMILES string of the molecule is CCCOc1ncc(C(C)N2Cc3c(ccnc3C)C2=O)cc1C. The van der Waals surface area contributed by atoms with Gasteiger partial charge in [0.25, 0.3) is 5.91 Å². The molecule has 3 rings (SSSR count). The van der Waals surface area contributed by atoms with Crippen molar-refractivity contribution in [2.45, 2.75) is 46.7 Å². The third kappa shape index (κ3) is 2.86. The van der Waals surface area contributed by atoms with Gasteiger partial charge >= 0.3 is 0 Å². The van der Waals surface area contributed by atoms with Crippen LogP contribution in [0, 0.1) is 13.8 Å².